The Kier molecular flexibility index (Phi) is 6.41. The predicted octanol–water partition coefficient (Wildman–Crippen LogP) is 3.88. The first-order valence-corrected chi connectivity index (χ1v) is 8.24. The monoisotopic (exact) mass is 347 g/mol. The summed E-state index contributed by atoms with van der Waals surface area (Å²) in [5.41, 5.74) is -1.93. The fraction of sp³-hybridized carbons (Fsp3) is 0.500. The Morgan fingerprint density at radius 2 is 1.68 bits per heavy atom. The second-order valence-corrected chi connectivity index (χ2v) is 7.61. The zero-order valence-electron chi connectivity index (χ0n) is 16.0. The third-order valence-corrected chi connectivity index (χ3v) is 4.17. The van der Waals surface area contributed by atoms with Gasteiger partial charge in [-0.2, -0.15) is 0 Å². The molecule has 0 aromatic heterocycles. The molecule has 0 saturated carbocycles. The first kappa shape index (κ1) is 20.7. The Morgan fingerprint density at radius 3 is 2.12 bits per heavy atom. The lowest BCUT2D eigenvalue weighted by Gasteiger charge is -2.43. The van der Waals surface area contributed by atoms with Crippen molar-refractivity contribution < 1.29 is 19.1 Å². The second kappa shape index (κ2) is 7.72. The van der Waals surface area contributed by atoms with Crippen molar-refractivity contribution in [2.24, 2.45) is 5.41 Å². The van der Waals surface area contributed by atoms with Gasteiger partial charge in [-0.25, -0.2) is 9.59 Å². The number of carbonyl (C=O) groups excluding carboxylic acids is 2. The van der Waals surface area contributed by atoms with Gasteiger partial charge >= 0.3 is 12.1 Å². The summed E-state index contributed by atoms with van der Waals surface area (Å²) in [6.07, 6.45) is 1.21. The van der Waals surface area contributed by atoms with Crippen LogP contribution in [0.15, 0.2) is 43.0 Å². The molecule has 1 unspecified atom stereocenters. The Balaban J connectivity index is 3.37. The molecule has 0 saturated heterocycles. The van der Waals surface area contributed by atoms with Gasteiger partial charge in [0.15, 0.2) is 5.54 Å². The van der Waals surface area contributed by atoms with Crippen LogP contribution >= 0.6 is 0 Å². The van der Waals surface area contributed by atoms with Crippen molar-refractivity contribution in [1.29, 1.82) is 0 Å². The molecule has 0 aliphatic carbocycles. The molecule has 1 atom stereocenters. The molecular weight excluding hydrogens is 318 g/mol. The fourth-order valence-corrected chi connectivity index (χ4v) is 2.55. The molecule has 1 aromatic carbocycles. The lowest BCUT2D eigenvalue weighted by atomic mass is 9.68. The van der Waals surface area contributed by atoms with Crippen LogP contribution in [0.2, 0.25) is 0 Å². The second-order valence-electron chi connectivity index (χ2n) is 7.61. The van der Waals surface area contributed by atoms with E-state index in [0.29, 0.717) is 0 Å². The van der Waals surface area contributed by atoms with Gasteiger partial charge in [0.05, 0.1) is 7.11 Å². The molecule has 0 radical (unpaired) electrons. The molecule has 5 heteroatoms. The highest BCUT2D eigenvalue weighted by molar-refractivity contribution is 5.87. The molecule has 1 amide bonds. The number of hydrogen-bond acceptors (Lipinski definition) is 4. The van der Waals surface area contributed by atoms with E-state index in [1.54, 1.807) is 26.8 Å². The number of benzene rings is 1. The Morgan fingerprint density at radius 1 is 1.12 bits per heavy atom. The van der Waals surface area contributed by atoms with Crippen LogP contribution < -0.4 is 5.32 Å². The van der Waals surface area contributed by atoms with E-state index in [1.165, 1.54) is 7.11 Å². The quantitative estimate of drug-likeness (QED) is 0.626. The first-order valence-electron chi connectivity index (χ1n) is 8.24. The standard InChI is InChI=1S/C20H29NO4/c1-8-19(5,6)20(16(22)24-7,14-15-12-10-9-11-13-15)21-17(23)25-18(2,3)4/h8-13H,1,14H2,2-7H3,(H,21,23). The Hall–Kier alpha value is -2.30. The molecule has 0 heterocycles. The highest BCUT2D eigenvalue weighted by Gasteiger charge is 2.52. The van der Waals surface area contributed by atoms with Gasteiger partial charge < -0.3 is 14.8 Å². The third-order valence-electron chi connectivity index (χ3n) is 4.17. The van der Waals surface area contributed by atoms with E-state index in [2.05, 4.69) is 11.9 Å². The molecule has 0 bridgehead atoms. The summed E-state index contributed by atoms with van der Waals surface area (Å²) in [4.78, 5) is 25.3. The molecule has 138 valence electrons. The number of amides is 1. The topological polar surface area (TPSA) is 64.6 Å². The van der Waals surface area contributed by atoms with E-state index >= 15 is 0 Å². The Labute approximate surface area is 150 Å². The maximum atomic E-state index is 12.8. The number of rotatable bonds is 6. The number of esters is 1. The van der Waals surface area contributed by atoms with Crippen LogP contribution in [0.3, 0.4) is 0 Å². The summed E-state index contributed by atoms with van der Waals surface area (Å²) in [5.74, 6) is -0.549. The minimum Gasteiger partial charge on any atom is -0.467 e. The smallest absolute Gasteiger partial charge is 0.408 e. The number of hydrogen-bond donors (Lipinski definition) is 1. The van der Waals surface area contributed by atoms with Crippen LogP contribution in [-0.4, -0.2) is 30.3 Å². The van der Waals surface area contributed by atoms with Crippen LogP contribution in [0, 0.1) is 5.41 Å². The first-order chi connectivity index (χ1) is 11.5. The lowest BCUT2D eigenvalue weighted by Crippen LogP contribution is -2.65. The summed E-state index contributed by atoms with van der Waals surface area (Å²) in [5, 5.41) is 2.77. The van der Waals surface area contributed by atoms with Gasteiger partial charge in [0.2, 0.25) is 0 Å². The molecule has 5 nitrogen and oxygen atoms in total. The SMILES string of the molecule is C=CC(C)(C)C(Cc1ccccc1)(NC(=O)OC(C)(C)C)C(=O)OC. The van der Waals surface area contributed by atoms with Crippen LogP contribution in [0.1, 0.15) is 40.2 Å². The predicted molar refractivity (Wildman–Crippen MR) is 98.2 cm³/mol. The highest BCUT2D eigenvalue weighted by Crippen LogP contribution is 2.36. The molecule has 0 aliphatic heterocycles. The average Bonchev–Trinajstić information content (AvgIpc) is 2.52. The van der Waals surface area contributed by atoms with E-state index in [4.69, 9.17) is 9.47 Å². The summed E-state index contributed by atoms with van der Waals surface area (Å²) in [6, 6.07) is 9.45. The van der Waals surface area contributed by atoms with E-state index in [0.717, 1.165) is 5.56 Å². The Bertz CT molecular complexity index is 616. The number of alkyl carbamates (subject to hydrolysis) is 1. The van der Waals surface area contributed by atoms with Crippen LogP contribution in [-0.2, 0) is 20.7 Å². The van der Waals surface area contributed by atoms with Crippen molar-refractivity contribution in [3.05, 3.63) is 48.6 Å². The van der Waals surface area contributed by atoms with Crippen molar-refractivity contribution in [2.45, 2.75) is 52.2 Å². The van der Waals surface area contributed by atoms with Crippen molar-refractivity contribution in [3.8, 4) is 0 Å². The van der Waals surface area contributed by atoms with Crippen LogP contribution in [0.25, 0.3) is 0 Å². The normalized spacial score (nSPS) is 14.2. The largest absolute Gasteiger partial charge is 0.467 e. The maximum absolute atomic E-state index is 12.8. The summed E-state index contributed by atoms with van der Waals surface area (Å²) in [6.45, 7) is 12.8. The molecule has 1 N–H and O–H groups in total. The number of ether oxygens (including phenoxy) is 2. The lowest BCUT2D eigenvalue weighted by molar-refractivity contribution is -0.152. The summed E-state index contributed by atoms with van der Waals surface area (Å²) in [7, 11) is 1.30. The van der Waals surface area contributed by atoms with Crippen LogP contribution in [0.4, 0.5) is 4.79 Å². The maximum Gasteiger partial charge on any atom is 0.408 e. The van der Waals surface area contributed by atoms with Crippen molar-refractivity contribution in [2.75, 3.05) is 7.11 Å². The number of nitrogens with one attached hydrogen (secondary N) is 1. The third kappa shape index (κ3) is 5.08. The van der Waals surface area contributed by atoms with Crippen LogP contribution in [0.5, 0.6) is 0 Å². The van der Waals surface area contributed by atoms with Gasteiger partial charge in [0.25, 0.3) is 0 Å². The van der Waals surface area contributed by atoms with E-state index < -0.39 is 28.6 Å². The average molecular weight is 347 g/mol. The molecule has 0 aliphatic rings. The fourth-order valence-electron chi connectivity index (χ4n) is 2.55. The van der Waals surface area contributed by atoms with Crippen molar-refractivity contribution >= 4 is 12.1 Å². The molecule has 25 heavy (non-hydrogen) atoms. The van der Waals surface area contributed by atoms with Crippen molar-refractivity contribution in [3.63, 3.8) is 0 Å². The number of methoxy groups -OCH3 is 1. The van der Waals surface area contributed by atoms with Gasteiger partial charge in [-0.05, 0) is 26.3 Å². The van der Waals surface area contributed by atoms with Crippen molar-refractivity contribution in [1.82, 2.24) is 5.32 Å². The molecule has 0 spiro atoms. The molecule has 1 rings (SSSR count). The molecular formula is C20H29NO4. The minimum atomic E-state index is -1.35. The zero-order chi connectivity index (χ0) is 19.3. The molecule has 0 fully saturated rings. The van der Waals surface area contributed by atoms with E-state index in [9.17, 15) is 9.59 Å². The van der Waals surface area contributed by atoms with E-state index in [-0.39, 0.29) is 6.42 Å². The zero-order valence-corrected chi connectivity index (χ0v) is 16.0. The highest BCUT2D eigenvalue weighted by atomic mass is 16.6. The summed E-state index contributed by atoms with van der Waals surface area (Å²) >= 11 is 0. The van der Waals surface area contributed by atoms with Gasteiger partial charge in [-0.3, -0.25) is 0 Å². The van der Waals surface area contributed by atoms with Gasteiger partial charge in [0.1, 0.15) is 5.60 Å². The van der Waals surface area contributed by atoms with E-state index in [1.807, 2.05) is 44.2 Å². The number of carbonyl (C=O) groups is 2. The van der Waals surface area contributed by atoms with Gasteiger partial charge in [-0.1, -0.05) is 50.3 Å². The van der Waals surface area contributed by atoms with Gasteiger partial charge in [0, 0.05) is 11.8 Å². The van der Waals surface area contributed by atoms with Gasteiger partial charge in [-0.15, -0.1) is 6.58 Å². The summed E-state index contributed by atoms with van der Waals surface area (Å²) < 4.78 is 10.4. The molecule has 1 aromatic rings. The minimum absolute atomic E-state index is 0.249.